The Hall–Kier alpha value is -1.25. The van der Waals surface area contributed by atoms with E-state index in [1.54, 1.807) is 0 Å². The summed E-state index contributed by atoms with van der Waals surface area (Å²) in [6.07, 6.45) is 2.71. The van der Waals surface area contributed by atoms with Crippen LogP contribution in [-0.2, 0) is 12.3 Å². The van der Waals surface area contributed by atoms with E-state index < -0.39 is 0 Å². The van der Waals surface area contributed by atoms with Crippen molar-refractivity contribution < 1.29 is 0 Å². The molecule has 0 saturated heterocycles. The topological polar surface area (TPSA) is 16.1 Å². The van der Waals surface area contributed by atoms with Gasteiger partial charge in [0.05, 0.1) is 5.88 Å². The Kier molecular flexibility index (Phi) is 5.06. The van der Waals surface area contributed by atoms with Gasteiger partial charge in [-0.25, -0.2) is 0 Å². The van der Waals surface area contributed by atoms with E-state index in [0.717, 1.165) is 34.9 Å². The van der Waals surface area contributed by atoms with Crippen molar-refractivity contribution in [1.82, 2.24) is 4.98 Å². The van der Waals surface area contributed by atoms with Gasteiger partial charge in [0.2, 0.25) is 0 Å². The van der Waals surface area contributed by atoms with Gasteiger partial charge in [0.15, 0.2) is 0 Å². The monoisotopic (exact) mass is 294 g/mol. The fourth-order valence-electron chi connectivity index (χ4n) is 1.99. The van der Waals surface area contributed by atoms with Crippen molar-refractivity contribution >= 4 is 28.9 Å². The first-order chi connectivity index (χ1) is 9.22. The number of benzene rings is 1. The smallest absolute Gasteiger partial charge is 0.0509 e. The molecule has 0 bridgehead atoms. The SMILES string of the molecule is CN(CCc1ccccn1)c1cccc(Cl)c1CCl. The van der Waals surface area contributed by atoms with Gasteiger partial charge < -0.3 is 4.90 Å². The molecule has 0 aliphatic carbocycles. The fraction of sp³-hybridized carbons (Fsp3) is 0.267. The van der Waals surface area contributed by atoms with Gasteiger partial charge in [0.25, 0.3) is 0 Å². The maximum Gasteiger partial charge on any atom is 0.0509 e. The van der Waals surface area contributed by atoms with Gasteiger partial charge in [0.1, 0.15) is 0 Å². The van der Waals surface area contributed by atoms with Crippen molar-refractivity contribution in [2.24, 2.45) is 0 Å². The lowest BCUT2D eigenvalue weighted by Gasteiger charge is -2.22. The van der Waals surface area contributed by atoms with Gasteiger partial charge in [-0.15, -0.1) is 11.6 Å². The van der Waals surface area contributed by atoms with Crippen LogP contribution in [0, 0.1) is 0 Å². The minimum absolute atomic E-state index is 0.420. The molecule has 0 atom stereocenters. The summed E-state index contributed by atoms with van der Waals surface area (Å²) in [6.45, 7) is 0.876. The quantitative estimate of drug-likeness (QED) is 0.770. The summed E-state index contributed by atoms with van der Waals surface area (Å²) in [6, 6.07) is 11.8. The first-order valence-corrected chi connectivity index (χ1v) is 7.08. The van der Waals surface area contributed by atoms with Crippen LogP contribution in [0.25, 0.3) is 0 Å². The predicted molar refractivity (Wildman–Crippen MR) is 82.2 cm³/mol. The van der Waals surface area contributed by atoms with Crippen LogP contribution < -0.4 is 4.90 Å². The molecule has 19 heavy (non-hydrogen) atoms. The summed E-state index contributed by atoms with van der Waals surface area (Å²) in [5, 5.41) is 0.720. The number of hydrogen-bond acceptors (Lipinski definition) is 2. The number of hydrogen-bond donors (Lipinski definition) is 0. The van der Waals surface area contributed by atoms with Gasteiger partial charge in [-0.2, -0.15) is 0 Å². The average Bonchev–Trinajstić information content (AvgIpc) is 2.45. The molecule has 0 saturated carbocycles. The highest BCUT2D eigenvalue weighted by Crippen LogP contribution is 2.28. The van der Waals surface area contributed by atoms with E-state index in [4.69, 9.17) is 23.2 Å². The number of anilines is 1. The van der Waals surface area contributed by atoms with Crippen molar-refractivity contribution in [3.63, 3.8) is 0 Å². The van der Waals surface area contributed by atoms with Crippen LogP contribution >= 0.6 is 23.2 Å². The fourth-order valence-corrected chi connectivity index (χ4v) is 2.57. The number of nitrogens with zero attached hydrogens (tertiary/aromatic N) is 2. The molecule has 0 unspecified atom stereocenters. The van der Waals surface area contributed by atoms with Crippen LogP contribution in [0.15, 0.2) is 42.6 Å². The highest BCUT2D eigenvalue weighted by Gasteiger charge is 2.10. The molecular weight excluding hydrogens is 279 g/mol. The zero-order chi connectivity index (χ0) is 13.7. The summed E-state index contributed by atoms with van der Waals surface area (Å²) in [5.41, 5.74) is 3.15. The van der Waals surface area contributed by atoms with Crippen LogP contribution in [0.2, 0.25) is 5.02 Å². The third kappa shape index (κ3) is 3.62. The second-order valence-electron chi connectivity index (χ2n) is 4.36. The summed E-state index contributed by atoms with van der Waals surface area (Å²) in [7, 11) is 2.05. The van der Waals surface area contributed by atoms with Crippen molar-refractivity contribution in [3.05, 3.63) is 58.9 Å². The van der Waals surface area contributed by atoms with E-state index in [9.17, 15) is 0 Å². The van der Waals surface area contributed by atoms with Crippen molar-refractivity contribution in [1.29, 1.82) is 0 Å². The first-order valence-electron chi connectivity index (χ1n) is 6.16. The Labute approximate surface area is 124 Å². The second-order valence-corrected chi connectivity index (χ2v) is 5.04. The molecule has 0 aliphatic rings. The molecule has 0 spiro atoms. The van der Waals surface area contributed by atoms with Crippen LogP contribution in [0.3, 0.4) is 0 Å². The molecule has 0 aliphatic heterocycles. The molecule has 2 nitrogen and oxygen atoms in total. The zero-order valence-electron chi connectivity index (χ0n) is 10.8. The molecule has 0 fully saturated rings. The third-order valence-electron chi connectivity index (χ3n) is 3.07. The number of rotatable bonds is 5. The van der Waals surface area contributed by atoms with E-state index >= 15 is 0 Å². The van der Waals surface area contributed by atoms with Crippen LogP contribution in [0.4, 0.5) is 5.69 Å². The molecule has 1 aromatic carbocycles. The maximum atomic E-state index is 6.17. The number of pyridine rings is 1. The second kappa shape index (κ2) is 6.78. The number of alkyl halides is 1. The minimum atomic E-state index is 0.420. The highest BCUT2D eigenvalue weighted by molar-refractivity contribution is 6.32. The molecule has 0 radical (unpaired) electrons. The average molecular weight is 295 g/mol. The van der Waals surface area contributed by atoms with E-state index in [0.29, 0.717) is 5.88 Å². The first kappa shape index (κ1) is 14.2. The molecule has 2 aromatic rings. The van der Waals surface area contributed by atoms with Gasteiger partial charge in [-0.1, -0.05) is 23.7 Å². The predicted octanol–water partition coefficient (Wildman–Crippen LogP) is 4.15. The lowest BCUT2D eigenvalue weighted by molar-refractivity contribution is 0.849. The molecule has 100 valence electrons. The molecular formula is C15H16Cl2N2. The summed E-state index contributed by atoms with van der Waals surface area (Å²) >= 11 is 12.1. The third-order valence-corrected chi connectivity index (χ3v) is 3.69. The molecule has 0 N–H and O–H groups in total. The standard InChI is InChI=1S/C15H16Cl2N2/c1-19(10-8-12-5-2-3-9-18-12)15-7-4-6-14(17)13(15)11-16/h2-7,9H,8,10-11H2,1H3. The summed E-state index contributed by atoms with van der Waals surface area (Å²) in [5.74, 6) is 0.420. The molecule has 1 aromatic heterocycles. The Balaban J connectivity index is 2.08. The van der Waals surface area contributed by atoms with E-state index in [1.807, 2.05) is 49.6 Å². The van der Waals surface area contributed by atoms with Gasteiger partial charge in [-0.3, -0.25) is 4.98 Å². The Morgan fingerprint density at radius 2 is 2.00 bits per heavy atom. The Morgan fingerprint density at radius 3 is 2.68 bits per heavy atom. The molecule has 1 heterocycles. The van der Waals surface area contributed by atoms with Crippen molar-refractivity contribution in [2.75, 3.05) is 18.5 Å². The lowest BCUT2D eigenvalue weighted by Crippen LogP contribution is -2.21. The molecule has 2 rings (SSSR count). The van der Waals surface area contributed by atoms with Crippen LogP contribution in [-0.4, -0.2) is 18.6 Å². The number of aromatic nitrogens is 1. The Morgan fingerprint density at radius 1 is 1.16 bits per heavy atom. The van der Waals surface area contributed by atoms with Gasteiger partial charge in [0, 0.05) is 48.2 Å². The molecule has 0 amide bonds. The van der Waals surface area contributed by atoms with Crippen molar-refractivity contribution in [2.45, 2.75) is 12.3 Å². The highest BCUT2D eigenvalue weighted by atomic mass is 35.5. The summed E-state index contributed by atoms with van der Waals surface area (Å²) in [4.78, 5) is 6.49. The van der Waals surface area contributed by atoms with Crippen LogP contribution in [0.5, 0.6) is 0 Å². The number of halogens is 2. The lowest BCUT2D eigenvalue weighted by atomic mass is 10.1. The van der Waals surface area contributed by atoms with E-state index in [1.165, 1.54) is 0 Å². The maximum absolute atomic E-state index is 6.17. The Bertz CT molecular complexity index is 529. The van der Waals surface area contributed by atoms with Gasteiger partial charge >= 0.3 is 0 Å². The van der Waals surface area contributed by atoms with E-state index in [2.05, 4.69) is 9.88 Å². The summed E-state index contributed by atoms with van der Waals surface area (Å²) < 4.78 is 0. The van der Waals surface area contributed by atoms with Gasteiger partial charge in [-0.05, 0) is 24.3 Å². The molecule has 4 heteroatoms. The number of likely N-dealkylation sites (N-methyl/N-ethyl adjacent to an activating group) is 1. The normalized spacial score (nSPS) is 10.5. The van der Waals surface area contributed by atoms with Crippen LogP contribution in [0.1, 0.15) is 11.3 Å². The largest absolute Gasteiger partial charge is 0.374 e. The zero-order valence-corrected chi connectivity index (χ0v) is 12.3. The minimum Gasteiger partial charge on any atom is -0.374 e. The van der Waals surface area contributed by atoms with E-state index in [-0.39, 0.29) is 0 Å². The van der Waals surface area contributed by atoms with Crippen molar-refractivity contribution in [3.8, 4) is 0 Å².